The first kappa shape index (κ1) is 15.3. The van der Waals surface area contributed by atoms with E-state index in [0.29, 0.717) is 5.92 Å². The van der Waals surface area contributed by atoms with Crippen LogP contribution in [0.2, 0.25) is 0 Å². The lowest BCUT2D eigenvalue weighted by Crippen LogP contribution is -2.33. The van der Waals surface area contributed by atoms with Crippen molar-refractivity contribution in [2.75, 3.05) is 0 Å². The first-order valence-electron chi connectivity index (χ1n) is 7.73. The fourth-order valence-electron chi connectivity index (χ4n) is 3.95. The normalized spacial score (nSPS) is 32.1. The highest BCUT2D eigenvalue weighted by Crippen LogP contribution is 2.49. The molecular weight excluding hydrogens is 244 g/mol. The van der Waals surface area contributed by atoms with Gasteiger partial charge in [-0.1, -0.05) is 70.2 Å². The van der Waals surface area contributed by atoms with Gasteiger partial charge in [-0.25, -0.2) is 0 Å². The van der Waals surface area contributed by atoms with Crippen LogP contribution in [0.25, 0.3) is 0 Å². The number of hydrogen-bond acceptors (Lipinski definition) is 1. The Morgan fingerprint density at radius 1 is 0.900 bits per heavy atom. The molecular formula is C19H28O. The van der Waals surface area contributed by atoms with Crippen LogP contribution in [0.4, 0.5) is 0 Å². The third-order valence-electron chi connectivity index (χ3n) is 4.91. The zero-order valence-corrected chi connectivity index (χ0v) is 13.3. The smallest absolute Gasteiger partial charge is 0.0591 e. The molecule has 0 radical (unpaired) electrons. The van der Waals surface area contributed by atoms with Crippen molar-refractivity contribution in [1.82, 2.24) is 0 Å². The lowest BCUT2D eigenvalue weighted by molar-refractivity contribution is 0.0273. The minimum absolute atomic E-state index is 0.000115. The molecule has 2 aliphatic rings. The summed E-state index contributed by atoms with van der Waals surface area (Å²) in [5.41, 5.74) is 1.59. The van der Waals surface area contributed by atoms with E-state index in [-0.39, 0.29) is 16.9 Å². The number of rotatable bonds is 1. The molecule has 1 heteroatoms. The van der Waals surface area contributed by atoms with Crippen LogP contribution < -0.4 is 0 Å². The first-order chi connectivity index (χ1) is 9.33. The molecule has 1 fully saturated rings. The zero-order chi connectivity index (χ0) is 14.8. The van der Waals surface area contributed by atoms with Gasteiger partial charge in [-0.05, 0) is 41.6 Å². The minimum atomic E-state index is -0.194. The highest BCUT2D eigenvalue weighted by molar-refractivity contribution is 5.33. The van der Waals surface area contributed by atoms with Gasteiger partial charge < -0.3 is 5.11 Å². The van der Waals surface area contributed by atoms with E-state index >= 15 is 0 Å². The molecule has 2 atom stereocenters. The average Bonchev–Trinajstić information content (AvgIpc) is 2.35. The van der Waals surface area contributed by atoms with E-state index in [1.54, 1.807) is 0 Å². The summed E-state index contributed by atoms with van der Waals surface area (Å²) >= 11 is 0. The van der Waals surface area contributed by atoms with Gasteiger partial charge in [0.05, 0.1) is 6.10 Å². The largest absolute Gasteiger partial charge is 0.393 e. The predicted molar refractivity (Wildman–Crippen MR) is 86.4 cm³/mol. The standard InChI is InChI=1S/C19H28O/c1-18(2)14-19(3,4)17(20)13-12-16(18)15-10-8-6-5-7-9-11-15/h5-11,16-17,20H,12-14H2,1-4H3. The number of aliphatic hydroxyl groups excluding tert-OH is 1. The molecule has 0 saturated heterocycles. The lowest BCUT2D eigenvalue weighted by Gasteiger charge is -2.39. The summed E-state index contributed by atoms with van der Waals surface area (Å²) in [5.74, 6) is 0.506. The van der Waals surface area contributed by atoms with Gasteiger partial charge in [-0.15, -0.1) is 0 Å². The summed E-state index contributed by atoms with van der Waals surface area (Å²) in [4.78, 5) is 0. The van der Waals surface area contributed by atoms with Crippen LogP contribution >= 0.6 is 0 Å². The highest BCUT2D eigenvalue weighted by Gasteiger charge is 2.42. The predicted octanol–water partition coefficient (Wildman–Crippen LogP) is 4.81. The quantitative estimate of drug-likeness (QED) is 0.679. The second-order valence-electron chi connectivity index (χ2n) is 7.60. The van der Waals surface area contributed by atoms with E-state index in [0.717, 1.165) is 19.3 Å². The maximum absolute atomic E-state index is 10.4. The van der Waals surface area contributed by atoms with Crippen LogP contribution in [0.15, 0.2) is 48.1 Å². The zero-order valence-electron chi connectivity index (χ0n) is 13.3. The Morgan fingerprint density at radius 3 is 2.30 bits per heavy atom. The maximum Gasteiger partial charge on any atom is 0.0591 e. The third-order valence-corrected chi connectivity index (χ3v) is 4.91. The van der Waals surface area contributed by atoms with Crippen LogP contribution in [0, 0.1) is 16.7 Å². The van der Waals surface area contributed by atoms with Crippen molar-refractivity contribution in [2.45, 2.75) is 53.1 Å². The topological polar surface area (TPSA) is 20.2 Å². The van der Waals surface area contributed by atoms with Crippen molar-refractivity contribution in [3.05, 3.63) is 48.1 Å². The Bertz CT molecular complexity index is 460. The van der Waals surface area contributed by atoms with Crippen LogP contribution in [0.1, 0.15) is 47.0 Å². The monoisotopic (exact) mass is 272 g/mol. The van der Waals surface area contributed by atoms with Gasteiger partial charge in [0.1, 0.15) is 0 Å². The molecule has 1 N–H and O–H groups in total. The lowest BCUT2D eigenvalue weighted by atomic mass is 9.67. The fraction of sp³-hybridized carbons (Fsp3) is 0.579. The van der Waals surface area contributed by atoms with Crippen molar-refractivity contribution in [2.24, 2.45) is 16.7 Å². The number of allylic oxidation sites excluding steroid dienone is 8. The van der Waals surface area contributed by atoms with Crippen molar-refractivity contribution in [3.63, 3.8) is 0 Å². The molecule has 2 aliphatic carbocycles. The molecule has 1 nitrogen and oxygen atoms in total. The summed E-state index contributed by atoms with van der Waals surface area (Å²) in [5, 5.41) is 10.4. The van der Waals surface area contributed by atoms with E-state index in [1.807, 2.05) is 0 Å². The second-order valence-corrected chi connectivity index (χ2v) is 7.60. The summed E-state index contributed by atoms with van der Waals surface area (Å²) < 4.78 is 0. The molecule has 2 rings (SSSR count). The molecule has 1 saturated carbocycles. The minimum Gasteiger partial charge on any atom is -0.393 e. The average molecular weight is 272 g/mol. The second kappa shape index (κ2) is 5.73. The molecule has 20 heavy (non-hydrogen) atoms. The summed E-state index contributed by atoms with van der Waals surface area (Å²) in [7, 11) is 0. The van der Waals surface area contributed by atoms with Crippen molar-refractivity contribution >= 4 is 0 Å². The fourth-order valence-corrected chi connectivity index (χ4v) is 3.95. The van der Waals surface area contributed by atoms with E-state index in [1.165, 1.54) is 5.57 Å². The molecule has 0 aromatic carbocycles. The Labute approximate surface area is 123 Å². The number of hydrogen-bond donors (Lipinski definition) is 1. The molecule has 0 spiro atoms. The molecule has 0 aliphatic heterocycles. The number of aliphatic hydroxyl groups is 1. The summed E-state index contributed by atoms with van der Waals surface area (Å²) in [6.07, 6.45) is 17.7. The van der Waals surface area contributed by atoms with Crippen LogP contribution in [0.3, 0.4) is 0 Å². The summed E-state index contributed by atoms with van der Waals surface area (Å²) in [6, 6.07) is 0. The molecule has 110 valence electrons. The van der Waals surface area contributed by atoms with E-state index < -0.39 is 0 Å². The molecule has 0 bridgehead atoms. The van der Waals surface area contributed by atoms with E-state index in [9.17, 15) is 5.11 Å². The van der Waals surface area contributed by atoms with Crippen molar-refractivity contribution in [1.29, 1.82) is 0 Å². The van der Waals surface area contributed by atoms with Gasteiger partial charge >= 0.3 is 0 Å². The van der Waals surface area contributed by atoms with Gasteiger partial charge in [-0.3, -0.25) is 0 Å². The molecule has 0 amide bonds. The van der Waals surface area contributed by atoms with Crippen LogP contribution in [-0.2, 0) is 0 Å². The Hall–Kier alpha value is -1.08. The maximum atomic E-state index is 10.4. The SMILES string of the molecule is CC1(C)CC(C)(C)C(C2=CC=CC=CC=C2)CCC1O. The van der Waals surface area contributed by atoms with Gasteiger partial charge in [0.15, 0.2) is 0 Å². The van der Waals surface area contributed by atoms with Gasteiger partial charge in [-0.2, -0.15) is 0 Å². The molecule has 0 aromatic rings. The molecule has 0 heterocycles. The first-order valence-corrected chi connectivity index (χ1v) is 7.73. The van der Waals surface area contributed by atoms with Crippen LogP contribution in [0.5, 0.6) is 0 Å². The van der Waals surface area contributed by atoms with E-state index in [2.05, 4.69) is 70.2 Å². The van der Waals surface area contributed by atoms with Crippen molar-refractivity contribution < 1.29 is 5.11 Å². The van der Waals surface area contributed by atoms with Gasteiger partial charge in [0.25, 0.3) is 0 Å². The van der Waals surface area contributed by atoms with Crippen molar-refractivity contribution in [3.8, 4) is 0 Å². The van der Waals surface area contributed by atoms with Crippen LogP contribution in [-0.4, -0.2) is 11.2 Å². The van der Waals surface area contributed by atoms with Gasteiger partial charge in [0.2, 0.25) is 0 Å². The third kappa shape index (κ3) is 3.32. The molecule has 2 unspecified atom stereocenters. The van der Waals surface area contributed by atoms with Gasteiger partial charge in [0, 0.05) is 0 Å². The highest BCUT2D eigenvalue weighted by atomic mass is 16.3. The molecule has 0 aromatic heterocycles. The Kier molecular flexibility index (Phi) is 4.39. The Balaban J connectivity index is 2.31. The van der Waals surface area contributed by atoms with E-state index in [4.69, 9.17) is 0 Å². The Morgan fingerprint density at radius 2 is 1.55 bits per heavy atom. The summed E-state index contributed by atoms with van der Waals surface area (Å²) in [6.45, 7) is 9.11.